The molecule has 0 spiro atoms. The standard InChI is InChI=1S/C14H20N2/c1-13(15)7-3-5-11(9-13)12-6-4-8-14(2,16)10-12/h3-8H,9-10,15-16H2,1-2H3. The van der Waals surface area contributed by atoms with Crippen LogP contribution in [0, 0.1) is 0 Å². The summed E-state index contributed by atoms with van der Waals surface area (Å²) in [5.74, 6) is 0. The highest BCUT2D eigenvalue weighted by atomic mass is 14.7. The average molecular weight is 216 g/mol. The molecule has 2 unspecified atom stereocenters. The average Bonchev–Trinajstić information content (AvgIpc) is 2.14. The normalized spacial score (nSPS) is 38.2. The zero-order valence-corrected chi connectivity index (χ0v) is 10.0. The van der Waals surface area contributed by atoms with Gasteiger partial charge in [-0.1, -0.05) is 36.5 Å². The monoisotopic (exact) mass is 216 g/mol. The van der Waals surface area contributed by atoms with E-state index >= 15 is 0 Å². The van der Waals surface area contributed by atoms with Crippen molar-refractivity contribution in [1.29, 1.82) is 0 Å². The Hall–Kier alpha value is -1.12. The molecule has 2 aliphatic carbocycles. The van der Waals surface area contributed by atoms with Crippen molar-refractivity contribution in [2.24, 2.45) is 11.5 Å². The zero-order valence-electron chi connectivity index (χ0n) is 10.0. The molecular formula is C14H20N2. The molecule has 0 aromatic rings. The second-order valence-electron chi connectivity index (χ2n) is 5.47. The van der Waals surface area contributed by atoms with Crippen molar-refractivity contribution in [1.82, 2.24) is 0 Å². The maximum absolute atomic E-state index is 6.14. The predicted octanol–water partition coefficient (Wildman–Crippen LogP) is 2.19. The Morgan fingerprint density at radius 2 is 1.25 bits per heavy atom. The molecule has 2 heteroatoms. The van der Waals surface area contributed by atoms with E-state index in [0.29, 0.717) is 0 Å². The fraction of sp³-hybridized carbons (Fsp3) is 0.429. The predicted molar refractivity (Wildman–Crippen MR) is 68.9 cm³/mol. The van der Waals surface area contributed by atoms with E-state index in [1.807, 2.05) is 12.2 Å². The lowest BCUT2D eigenvalue weighted by atomic mass is 9.79. The molecule has 0 radical (unpaired) electrons. The summed E-state index contributed by atoms with van der Waals surface area (Å²) >= 11 is 0. The minimum atomic E-state index is -0.225. The molecule has 0 bridgehead atoms. The summed E-state index contributed by atoms with van der Waals surface area (Å²) in [6, 6.07) is 0. The van der Waals surface area contributed by atoms with Crippen molar-refractivity contribution in [3.63, 3.8) is 0 Å². The highest BCUT2D eigenvalue weighted by Gasteiger charge is 2.25. The quantitative estimate of drug-likeness (QED) is 0.706. The number of hydrogen-bond acceptors (Lipinski definition) is 2. The summed E-state index contributed by atoms with van der Waals surface area (Å²) in [4.78, 5) is 0. The molecule has 16 heavy (non-hydrogen) atoms. The van der Waals surface area contributed by atoms with Gasteiger partial charge in [0, 0.05) is 11.1 Å². The highest BCUT2D eigenvalue weighted by molar-refractivity contribution is 5.44. The third-order valence-electron chi connectivity index (χ3n) is 3.10. The lowest BCUT2D eigenvalue weighted by molar-refractivity contribution is 0.545. The number of rotatable bonds is 1. The SMILES string of the molecule is CC1(N)C=CC=C(C2=CC=CC(C)(N)C2)C1. The molecule has 0 fully saturated rings. The Kier molecular flexibility index (Phi) is 2.64. The summed E-state index contributed by atoms with van der Waals surface area (Å²) in [7, 11) is 0. The summed E-state index contributed by atoms with van der Waals surface area (Å²) < 4.78 is 0. The third-order valence-corrected chi connectivity index (χ3v) is 3.10. The molecule has 0 amide bonds. The van der Waals surface area contributed by atoms with E-state index in [2.05, 4.69) is 38.2 Å². The van der Waals surface area contributed by atoms with E-state index in [0.717, 1.165) is 12.8 Å². The maximum Gasteiger partial charge on any atom is 0.0354 e. The van der Waals surface area contributed by atoms with Gasteiger partial charge in [-0.15, -0.1) is 0 Å². The van der Waals surface area contributed by atoms with Gasteiger partial charge in [-0.2, -0.15) is 0 Å². The van der Waals surface area contributed by atoms with E-state index in [1.54, 1.807) is 0 Å². The van der Waals surface area contributed by atoms with Gasteiger partial charge in [0.2, 0.25) is 0 Å². The lowest BCUT2D eigenvalue weighted by Gasteiger charge is -2.31. The van der Waals surface area contributed by atoms with Crippen LogP contribution in [0.5, 0.6) is 0 Å². The maximum atomic E-state index is 6.14. The first-order valence-electron chi connectivity index (χ1n) is 5.73. The summed E-state index contributed by atoms with van der Waals surface area (Å²) in [5.41, 5.74) is 14.5. The van der Waals surface area contributed by atoms with Crippen LogP contribution in [0.4, 0.5) is 0 Å². The topological polar surface area (TPSA) is 52.0 Å². The Morgan fingerprint density at radius 1 is 0.875 bits per heavy atom. The molecule has 2 aliphatic rings. The molecule has 0 aliphatic heterocycles. The Balaban J connectivity index is 2.22. The van der Waals surface area contributed by atoms with Gasteiger partial charge in [0.25, 0.3) is 0 Å². The van der Waals surface area contributed by atoms with Gasteiger partial charge in [-0.3, -0.25) is 0 Å². The van der Waals surface area contributed by atoms with E-state index in [9.17, 15) is 0 Å². The van der Waals surface area contributed by atoms with E-state index < -0.39 is 0 Å². The van der Waals surface area contributed by atoms with E-state index in [4.69, 9.17) is 11.5 Å². The van der Waals surface area contributed by atoms with Crippen molar-refractivity contribution in [3.8, 4) is 0 Å². The van der Waals surface area contributed by atoms with Gasteiger partial charge < -0.3 is 11.5 Å². The number of nitrogens with two attached hydrogens (primary N) is 2. The summed E-state index contributed by atoms with van der Waals surface area (Å²) in [6.07, 6.45) is 14.3. The molecule has 0 aromatic heterocycles. The molecule has 2 atom stereocenters. The van der Waals surface area contributed by atoms with Gasteiger partial charge in [0.05, 0.1) is 0 Å². The Morgan fingerprint density at radius 3 is 1.56 bits per heavy atom. The third kappa shape index (κ3) is 2.52. The van der Waals surface area contributed by atoms with Gasteiger partial charge in [-0.25, -0.2) is 0 Å². The molecule has 0 saturated carbocycles. The molecule has 2 rings (SSSR count). The van der Waals surface area contributed by atoms with Crippen molar-refractivity contribution < 1.29 is 0 Å². The van der Waals surface area contributed by atoms with E-state index in [1.165, 1.54) is 11.1 Å². The Labute approximate surface area is 97.4 Å². The van der Waals surface area contributed by atoms with Crippen molar-refractivity contribution in [2.75, 3.05) is 0 Å². The minimum absolute atomic E-state index is 0.225. The lowest BCUT2D eigenvalue weighted by Crippen LogP contribution is -2.38. The van der Waals surface area contributed by atoms with Crippen molar-refractivity contribution in [2.45, 2.75) is 37.8 Å². The number of hydrogen-bond donors (Lipinski definition) is 2. The van der Waals surface area contributed by atoms with Crippen molar-refractivity contribution in [3.05, 3.63) is 47.6 Å². The molecule has 0 saturated heterocycles. The van der Waals surface area contributed by atoms with Crippen LogP contribution in [0.3, 0.4) is 0 Å². The first-order valence-corrected chi connectivity index (χ1v) is 5.73. The van der Waals surface area contributed by atoms with Crippen LogP contribution in [0.2, 0.25) is 0 Å². The van der Waals surface area contributed by atoms with Gasteiger partial charge in [0.1, 0.15) is 0 Å². The van der Waals surface area contributed by atoms with Gasteiger partial charge in [-0.05, 0) is 37.8 Å². The minimum Gasteiger partial charge on any atom is -0.322 e. The zero-order chi connectivity index (χ0) is 11.8. The van der Waals surface area contributed by atoms with Crippen LogP contribution in [0.15, 0.2) is 47.6 Å². The van der Waals surface area contributed by atoms with Crippen LogP contribution < -0.4 is 11.5 Å². The highest BCUT2D eigenvalue weighted by Crippen LogP contribution is 2.32. The summed E-state index contributed by atoms with van der Waals surface area (Å²) in [6.45, 7) is 4.11. The second kappa shape index (κ2) is 3.72. The van der Waals surface area contributed by atoms with Crippen molar-refractivity contribution >= 4 is 0 Å². The molecule has 86 valence electrons. The molecule has 0 aromatic carbocycles. The van der Waals surface area contributed by atoms with Gasteiger partial charge >= 0.3 is 0 Å². The first-order chi connectivity index (χ1) is 7.38. The van der Waals surface area contributed by atoms with Crippen LogP contribution >= 0.6 is 0 Å². The summed E-state index contributed by atoms with van der Waals surface area (Å²) in [5, 5.41) is 0. The molecule has 4 N–H and O–H groups in total. The second-order valence-corrected chi connectivity index (χ2v) is 5.47. The van der Waals surface area contributed by atoms with E-state index in [-0.39, 0.29) is 11.1 Å². The van der Waals surface area contributed by atoms with Crippen LogP contribution in [-0.2, 0) is 0 Å². The molecule has 0 heterocycles. The van der Waals surface area contributed by atoms with Crippen LogP contribution in [0.1, 0.15) is 26.7 Å². The van der Waals surface area contributed by atoms with Crippen LogP contribution in [0.25, 0.3) is 0 Å². The smallest absolute Gasteiger partial charge is 0.0354 e. The van der Waals surface area contributed by atoms with Gasteiger partial charge in [0.15, 0.2) is 0 Å². The Bertz CT molecular complexity index is 366. The molecular weight excluding hydrogens is 196 g/mol. The fourth-order valence-electron chi connectivity index (χ4n) is 2.27. The first kappa shape index (κ1) is 11.4. The largest absolute Gasteiger partial charge is 0.322 e. The van der Waals surface area contributed by atoms with Crippen LogP contribution in [-0.4, -0.2) is 11.1 Å². The fourth-order valence-corrected chi connectivity index (χ4v) is 2.27. The molecule has 2 nitrogen and oxygen atoms in total. The number of allylic oxidation sites excluding steroid dienone is 4.